The fourth-order valence-corrected chi connectivity index (χ4v) is 4.27. The fraction of sp³-hybridized carbons (Fsp3) is 0.120. The molecule has 0 atom stereocenters. The van der Waals surface area contributed by atoms with Gasteiger partial charge >= 0.3 is 0 Å². The second-order valence-electron chi connectivity index (χ2n) is 7.43. The fourth-order valence-electron chi connectivity index (χ4n) is 3.53. The van der Waals surface area contributed by atoms with Gasteiger partial charge in [0.25, 0.3) is 5.91 Å². The Bertz CT molecular complexity index is 1360. The van der Waals surface area contributed by atoms with Crippen molar-refractivity contribution in [1.29, 1.82) is 0 Å². The zero-order chi connectivity index (χ0) is 21.8. The summed E-state index contributed by atoms with van der Waals surface area (Å²) >= 11 is 1.64. The Hall–Kier alpha value is -3.84. The molecule has 7 heteroatoms. The maximum absolute atomic E-state index is 12.5. The van der Waals surface area contributed by atoms with E-state index in [0.29, 0.717) is 24.3 Å². The van der Waals surface area contributed by atoms with Crippen molar-refractivity contribution < 1.29 is 9.21 Å². The lowest BCUT2D eigenvalue weighted by atomic mass is 10.1. The van der Waals surface area contributed by atoms with Crippen LogP contribution in [0.5, 0.6) is 0 Å². The third kappa shape index (κ3) is 4.73. The lowest BCUT2D eigenvalue weighted by Gasteiger charge is -2.07. The second-order valence-corrected chi connectivity index (χ2v) is 8.32. The molecule has 0 saturated heterocycles. The molecule has 6 nitrogen and oxygen atoms in total. The van der Waals surface area contributed by atoms with E-state index in [2.05, 4.69) is 27.4 Å². The molecule has 2 aromatic carbocycles. The predicted octanol–water partition coefficient (Wildman–Crippen LogP) is 4.79. The lowest BCUT2D eigenvalue weighted by Crippen LogP contribution is -2.22. The Morgan fingerprint density at radius 1 is 0.969 bits per heavy atom. The number of benzene rings is 2. The molecule has 1 amide bonds. The first-order chi connectivity index (χ1) is 15.7. The minimum Gasteiger partial charge on any atom is -0.467 e. The van der Waals surface area contributed by atoms with E-state index in [0.717, 1.165) is 29.0 Å². The first kappa shape index (κ1) is 20.1. The van der Waals surface area contributed by atoms with Gasteiger partial charge in [-0.15, -0.1) is 11.3 Å². The number of hydrogen-bond donors (Lipinski definition) is 1. The number of carbonyl (C=O) groups excluding carboxylic acids is 1. The molecule has 0 saturated carbocycles. The Morgan fingerprint density at radius 2 is 1.91 bits per heavy atom. The minimum absolute atomic E-state index is 0.142. The van der Waals surface area contributed by atoms with Crippen molar-refractivity contribution in [2.75, 3.05) is 0 Å². The third-order valence-corrected chi connectivity index (χ3v) is 5.89. The van der Waals surface area contributed by atoms with Gasteiger partial charge in [0, 0.05) is 30.3 Å². The number of thiazole rings is 1. The summed E-state index contributed by atoms with van der Waals surface area (Å²) in [5.74, 6) is 1.31. The van der Waals surface area contributed by atoms with E-state index in [1.165, 1.54) is 10.3 Å². The summed E-state index contributed by atoms with van der Waals surface area (Å²) in [6.45, 7) is 0.356. The van der Waals surface area contributed by atoms with Gasteiger partial charge in [0.1, 0.15) is 11.6 Å². The summed E-state index contributed by atoms with van der Waals surface area (Å²) in [5, 5.41) is 2.87. The SMILES string of the molecule is O=C(NCc1ccco1)c1cccc(Cc2nccc(Cc3ccc4ncsc4c3)n2)c1. The average molecular weight is 441 g/mol. The maximum Gasteiger partial charge on any atom is 0.251 e. The Balaban J connectivity index is 1.26. The number of rotatable bonds is 7. The Kier molecular flexibility index (Phi) is 5.72. The van der Waals surface area contributed by atoms with Crippen LogP contribution < -0.4 is 5.32 Å². The lowest BCUT2D eigenvalue weighted by molar-refractivity contribution is 0.0948. The van der Waals surface area contributed by atoms with Crippen LogP contribution in [0.15, 0.2) is 83.1 Å². The Labute approximate surface area is 189 Å². The Morgan fingerprint density at radius 3 is 2.81 bits per heavy atom. The normalized spacial score (nSPS) is 11.0. The average Bonchev–Trinajstić information content (AvgIpc) is 3.49. The molecular weight excluding hydrogens is 420 g/mol. The highest BCUT2D eigenvalue weighted by Crippen LogP contribution is 2.20. The van der Waals surface area contributed by atoms with Crippen LogP contribution in [0.25, 0.3) is 10.2 Å². The number of amides is 1. The van der Waals surface area contributed by atoms with Gasteiger partial charge in [0.15, 0.2) is 0 Å². The van der Waals surface area contributed by atoms with Crippen LogP contribution >= 0.6 is 11.3 Å². The van der Waals surface area contributed by atoms with Gasteiger partial charge in [-0.25, -0.2) is 15.0 Å². The molecule has 0 spiro atoms. The van der Waals surface area contributed by atoms with Crippen LogP contribution in [0.2, 0.25) is 0 Å². The summed E-state index contributed by atoms with van der Waals surface area (Å²) in [5.41, 5.74) is 6.63. The van der Waals surface area contributed by atoms with E-state index in [1.54, 1.807) is 35.9 Å². The van der Waals surface area contributed by atoms with Crippen LogP contribution in [-0.4, -0.2) is 20.9 Å². The van der Waals surface area contributed by atoms with Crippen LogP contribution in [-0.2, 0) is 19.4 Å². The number of aromatic nitrogens is 3. The van der Waals surface area contributed by atoms with E-state index >= 15 is 0 Å². The molecule has 5 rings (SSSR count). The summed E-state index contributed by atoms with van der Waals surface area (Å²) in [6.07, 6.45) is 4.68. The first-order valence-electron chi connectivity index (χ1n) is 10.3. The van der Waals surface area contributed by atoms with Crippen LogP contribution in [0.1, 0.15) is 38.8 Å². The van der Waals surface area contributed by atoms with Gasteiger partial charge < -0.3 is 9.73 Å². The molecule has 0 unspecified atom stereocenters. The highest BCUT2D eigenvalue weighted by atomic mass is 32.1. The zero-order valence-corrected chi connectivity index (χ0v) is 18.0. The molecule has 0 aliphatic heterocycles. The summed E-state index contributed by atoms with van der Waals surface area (Å²) in [4.78, 5) is 26.0. The van der Waals surface area contributed by atoms with Crippen molar-refractivity contribution >= 4 is 27.5 Å². The largest absolute Gasteiger partial charge is 0.467 e. The van der Waals surface area contributed by atoms with E-state index in [4.69, 9.17) is 9.40 Å². The van der Waals surface area contributed by atoms with Crippen LogP contribution in [0.4, 0.5) is 0 Å². The minimum atomic E-state index is -0.142. The number of furan rings is 1. The standard InChI is InChI=1S/C25H20N4O2S/c30-25(27-15-21-5-2-10-31-21)19-4-1-3-17(11-19)14-24-26-9-8-20(29-24)12-18-6-7-22-23(13-18)32-16-28-22/h1-11,13,16H,12,14-15H2,(H,27,30). The monoisotopic (exact) mass is 440 g/mol. The number of nitrogens with one attached hydrogen (secondary N) is 1. The summed E-state index contributed by atoms with van der Waals surface area (Å²) in [6, 6.07) is 19.4. The quantitative estimate of drug-likeness (QED) is 0.394. The summed E-state index contributed by atoms with van der Waals surface area (Å²) in [7, 11) is 0. The van der Waals surface area contributed by atoms with Crippen molar-refractivity contribution in [2.24, 2.45) is 0 Å². The maximum atomic E-state index is 12.5. The van der Waals surface area contributed by atoms with Crippen molar-refractivity contribution in [3.8, 4) is 0 Å². The number of hydrogen-bond acceptors (Lipinski definition) is 6. The van der Waals surface area contributed by atoms with Gasteiger partial charge in [-0.2, -0.15) is 0 Å². The number of carbonyl (C=O) groups is 1. The zero-order valence-electron chi connectivity index (χ0n) is 17.2. The van der Waals surface area contributed by atoms with Crippen molar-refractivity contribution in [2.45, 2.75) is 19.4 Å². The van der Waals surface area contributed by atoms with Gasteiger partial charge in [-0.05, 0) is 53.6 Å². The molecule has 0 fully saturated rings. The molecule has 5 aromatic rings. The molecule has 0 bridgehead atoms. The van der Waals surface area contributed by atoms with Crippen molar-refractivity contribution in [3.63, 3.8) is 0 Å². The molecule has 0 aliphatic rings. The van der Waals surface area contributed by atoms with Gasteiger partial charge in [0.05, 0.1) is 28.5 Å². The first-order valence-corrected chi connectivity index (χ1v) is 11.1. The van der Waals surface area contributed by atoms with Crippen molar-refractivity contribution in [1.82, 2.24) is 20.3 Å². The van der Waals surface area contributed by atoms with Gasteiger partial charge in [0.2, 0.25) is 0 Å². The molecule has 32 heavy (non-hydrogen) atoms. The third-order valence-electron chi connectivity index (χ3n) is 5.10. The molecular formula is C25H20N4O2S. The van der Waals surface area contributed by atoms with E-state index in [1.807, 2.05) is 41.9 Å². The van der Waals surface area contributed by atoms with Gasteiger partial charge in [-0.1, -0.05) is 18.2 Å². The number of fused-ring (bicyclic) bond motifs is 1. The number of nitrogens with zero attached hydrogens (tertiary/aromatic N) is 3. The molecule has 1 N–H and O–H groups in total. The molecule has 0 radical (unpaired) electrons. The predicted molar refractivity (Wildman–Crippen MR) is 124 cm³/mol. The van der Waals surface area contributed by atoms with E-state index < -0.39 is 0 Å². The summed E-state index contributed by atoms with van der Waals surface area (Å²) < 4.78 is 6.44. The van der Waals surface area contributed by atoms with E-state index in [9.17, 15) is 4.79 Å². The van der Waals surface area contributed by atoms with Crippen LogP contribution in [0.3, 0.4) is 0 Å². The van der Waals surface area contributed by atoms with Gasteiger partial charge in [-0.3, -0.25) is 4.79 Å². The molecule has 0 aliphatic carbocycles. The smallest absolute Gasteiger partial charge is 0.251 e. The second kappa shape index (κ2) is 9.11. The highest BCUT2D eigenvalue weighted by Gasteiger charge is 2.09. The van der Waals surface area contributed by atoms with E-state index in [-0.39, 0.29) is 5.91 Å². The molecule has 3 aromatic heterocycles. The highest BCUT2D eigenvalue weighted by molar-refractivity contribution is 7.16. The topological polar surface area (TPSA) is 80.9 Å². The van der Waals surface area contributed by atoms with Crippen LogP contribution in [0, 0.1) is 0 Å². The molecule has 158 valence electrons. The van der Waals surface area contributed by atoms with Crippen molar-refractivity contribution in [3.05, 3.63) is 113 Å². The molecule has 3 heterocycles.